The van der Waals surface area contributed by atoms with E-state index in [1.807, 2.05) is 36.4 Å². The molecular formula is C23H26N4O3S. The number of hydrogen-bond donors (Lipinski definition) is 1. The van der Waals surface area contributed by atoms with E-state index < -0.39 is 0 Å². The van der Waals surface area contributed by atoms with Gasteiger partial charge in [-0.15, -0.1) is 11.3 Å². The summed E-state index contributed by atoms with van der Waals surface area (Å²) in [5.41, 5.74) is 3.11. The fraction of sp³-hybridized carbons (Fsp3) is 0.304. The first-order valence-corrected chi connectivity index (χ1v) is 11.0. The van der Waals surface area contributed by atoms with Crippen molar-refractivity contribution in [1.29, 1.82) is 0 Å². The Morgan fingerprint density at radius 2 is 1.77 bits per heavy atom. The third-order valence-electron chi connectivity index (χ3n) is 5.36. The number of piperazine rings is 1. The number of thiazole rings is 1. The van der Waals surface area contributed by atoms with Crippen LogP contribution in [-0.2, 0) is 0 Å². The Morgan fingerprint density at radius 1 is 1.03 bits per heavy atom. The molecule has 1 amide bonds. The largest absolute Gasteiger partial charge is 0.493 e. The van der Waals surface area contributed by atoms with Gasteiger partial charge in [-0.05, 0) is 37.4 Å². The Kier molecular flexibility index (Phi) is 6.39. The molecule has 0 saturated carbocycles. The summed E-state index contributed by atoms with van der Waals surface area (Å²) in [5, 5.41) is 5.57. The molecule has 8 heteroatoms. The molecule has 1 fully saturated rings. The number of nitrogens with zero attached hydrogens (tertiary/aromatic N) is 3. The molecule has 0 unspecified atom stereocenters. The maximum atomic E-state index is 12.9. The fourth-order valence-corrected chi connectivity index (χ4v) is 4.37. The van der Waals surface area contributed by atoms with Gasteiger partial charge in [-0.1, -0.05) is 12.1 Å². The van der Waals surface area contributed by atoms with Crippen LogP contribution in [0.1, 0.15) is 10.5 Å². The molecule has 0 radical (unpaired) electrons. The van der Waals surface area contributed by atoms with Gasteiger partial charge >= 0.3 is 0 Å². The smallest absolute Gasteiger partial charge is 0.275 e. The lowest BCUT2D eigenvalue weighted by Crippen LogP contribution is -2.44. The van der Waals surface area contributed by atoms with Gasteiger partial charge < -0.3 is 24.6 Å². The Bertz CT molecular complexity index is 1060. The zero-order valence-electron chi connectivity index (χ0n) is 17.9. The first kappa shape index (κ1) is 21.1. The molecule has 0 spiro atoms. The number of anilines is 2. The molecule has 0 atom stereocenters. The first-order chi connectivity index (χ1) is 15.1. The molecule has 2 aromatic carbocycles. The van der Waals surface area contributed by atoms with E-state index in [-0.39, 0.29) is 5.91 Å². The topological polar surface area (TPSA) is 66.9 Å². The van der Waals surface area contributed by atoms with E-state index in [0.717, 1.165) is 48.1 Å². The summed E-state index contributed by atoms with van der Waals surface area (Å²) in [7, 11) is 5.33. The van der Waals surface area contributed by atoms with Crippen LogP contribution in [-0.4, -0.2) is 63.2 Å². The van der Waals surface area contributed by atoms with Gasteiger partial charge in [0.15, 0.2) is 11.5 Å². The Hall–Kier alpha value is -3.10. The molecule has 1 aliphatic rings. The molecule has 7 nitrogen and oxygen atoms in total. The van der Waals surface area contributed by atoms with Crippen LogP contribution in [0.4, 0.5) is 11.4 Å². The molecule has 1 N–H and O–H groups in total. The summed E-state index contributed by atoms with van der Waals surface area (Å²) in [6.07, 6.45) is 0. The van der Waals surface area contributed by atoms with Crippen molar-refractivity contribution in [3.8, 4) is 22.1 Å². The highest BCUT2D eigenvalue weighted by Crippen LogP contribution is 2.34. The number of nitrogens with one attached hydrogen (secondary N) is 1. The van der Waals surface area contributed by atoms with Gasteiger partial charge in [-0.2, -0.15) is 0 Å². The third kappa shape index (κ3) is 4.65. The summed E-state index contributed by atoms with van der Waals surface area (Å²) >= 11 is 1.42. The minimum atomic E-state index is -0.218. The highest BCUT2D eigenvalue weighted by Gasteiger charge is 2.19. The van der Waals surface area contributed by atoms with Crippen molar-refractivity contribution >= 4 is 28.6 Å². The molecule has 4 rings (SSSR count). The summed E-state index contributed by atoms with van der Waals surface area (Å²) in [6, 6.07) is 13.5. The number of carbonyl (C=O) groups is 1. The molecule has 1 aromatic heterocycles. The molecule has 1 aliphatic heterocycles. The zero-order chi connectivity index (χ0) is 21.8. The zero-order valence-corrected chi connectivity index (χ0v) is 18.7. The van der Waals surface area contributed by atoms with E-state index in [9.17, 15) is 4.79 Å². The molecule has 2 heterocycles. The Morgan fingerprint density at radius 3 is 2.52 bits per heavy atom. The van der Waals surface area contributed by atoms with Crippen LogP contribution in [0, 0.1) is 0 Å². The van der Waals surface area contributed by atoms with Crippen molar-refractivity contribution in [3.63, 3.8) is 0 Å². The second-order valence-corrected chi connectivity index (χ2v) is 8.23. The first-order valence-electron chi connectivity index (χ1n) is 10.1. The summed E-state index contributed by atoms with van der Waals surface area (Å²) in [5.74, 6) is 1.06. The number of rotatable bonds is 6. The number of carbonyl (C=O) groups excluding carboxylic acids is 1. The van der Waals surface area contributed by atoms with Crippen LogP contribution in [0.25, 0.3) is 10.6 Å². The van der Waals surface area contributed by atoms with Gasteiger partial charge in [0.05, 0.1) is 25.6 Å². The summed E-state index contributed by atoms with van der Waals surface area (Å²) in [4.78, 5) is 22.1. The number of amides is 1. The van der Waals surface area contributed by atoms with Crippen LogP contribution < -0.4 is 19.7 Å². The minimum Gasteiger partial charge on any atom is -0.493 e. The maximum Gasteiger partial charge on any atom is 0.275 e. The number of hydrogen-bond acceptors (Lipinski definition) is 7. The van der Waals surface area contributed by atoms with Crippen molar-refractivity contribution in [1.82, 2.24) is 9.88 Å². The third-order valence-corrected chi connectivity index (χ3v) is 6.25. The van der Waals surface area contributed by atoms with Crippen molar-refractivity contribution in [2.75, 3.05) is 57.7 Å². The van der Waals surface area contributed by atoms with Crippen LogP contribution in [0.3, 0.4) is 0 Å². The van der Waals surface area contributed by atoms with E-state index in [1.165, 1.54) is 11.3 Å². The van der Waals surface area contributed by atoms with E-state index >= 15 is 0 Å². The molecule has 0 aliphatic carbocycles. The van der Waals surface area contributed by atoms with Crippen LogP contribution >= 0.6 is 11.3 Å². The van der Waals surface area contributed by atoms with Gasteiger partial charge in [0.25, 0.3) is 5.91 Å². The fourth-order valence-electron chi connectivity index (χ4n) is 3.57. The predicted molar refractivity (Wildman–Crippen MR) is 125 cm³/mol. The molecule has 3 aromatic rings. The highest BCUT2D eigenvalue weighted by molar-refractivity contribution is 7.13. The lowest BCUT2D eigenvalue weighted by molar-refractivity contribution is 0.102. The molecule has 162 valence electrons. The van der Waals surface area contributed by atoms with Gasteiger partial charge in [-0.25, -0.2) is 4.98 Å². The van der Waals surface area contributed by atoms with Crippen LogP contribution in [0.2, 0.25) is 0 Å². The van der Waals surface area contributed by atoms with Gasteiger partial charge in [0.1, 0.15) is 10.7 Å². The molecule has 0 bridgehead atoms. The normalized spacial score (nSPS) is 14.4. The maximum absolute atomic E-state index is 12.9. The second-order valence-electron chi connectivity index (χ2n) is 7.37. The monoisotopic (exact) mass is 438 g/mol. The number of methoxy groups -OCH3 is 2. The van der Waals surface area contributed by atoms with E-state index in [1.54, 1.807) is 19.6 Å². The summed E-state index contributed by atoms with van der Waals surface area (Å²) < 4.78 is 10.7. The van der Waals surface area contributed by atoms with E-state index in [0.29, 0.717) is 17.2 Å². The number of para-hydroxylation sites is 2. The SMILES string of the molecule is COc1ccc(-c2nc(C(=O)Nc3ccccc3N3CCN(C)CC3)cs2)cc1OC. The second kappa shape index (κ2) is 9.36. The van der Waals surface area contributed by atoms with Gasteiger partial charge in [0, 0.05) is 37.1 Å². The Labute approximate surface area is 186 Å². The van der Waals surface area contributed by atoms with E-state index in [4.69, 9.17) is 9.47 Å². The Balaban J connectivity index is 1.52. The lowest BCUT2D eigenvalue weighted by Gasteiger charge is -2.35. The minimum absolute atomic E-state index is 0.218. The molecule has 1 saturated heterocycles. The number of aromatic nitrogens is 1. The standard InChI is InChI=1S/C23H26N4O3S/c1-26-10-12-27(13-11-26)19-7-5-4-6-17(19)24-22(28)18-15-31-23(25-18)16-8-9-20(29-2)21(14-16)30-3/h4-9,14-15H,10-13H2,1-3H3,(H,24,28). The average molecular weight is 439 g/mol. The number of ether oxygens (including phenoxy) is 2. The van der Waals surface area contributed by atoms with E-state index in [2.05, 4.69) is 33.2 Å². The van der Waals surface area contributed by atoms with Gasteiger partial charge in [0.2, 0.25) is 0 Å². The van der Waals surface area contributed by atoms with Crippen molar-refractivity contribution in [2.24, 2.45) is 0 Å². The van der Waals surface area contributed by atoms with Gasteiger partial charge in [-0.3, -0.25) is 4.79 Å². The predicted octanol–water partition coefficient (Wildman–Crippen LogP) is 3.83. The number of likely N-dealkylation sites (N-methyl/N-ethyl adjacent to an activating group) is 1. The van der Waals surface area contributed by atoms with Crippen molar-refractivity contribution < 1.29 is 14.3 Å². The molecular weight excluding hydrogens is 412 g/mol. The average Bonchev–Trinajstić information content (AvgIpc) is 3.30. The summed E-state index contributed by atoms with van der Waals surface area (Å²) in [6.45, 7) is 3.87. The number of benzene rings is 2. The van der Waals surface area contributed by atoms with Crippen molar-refractivity contribution in [3.05, 3.63) is 53.5 Å². The lowest BCUT2D eigenvalue weighted by atomic mass is 10.2. The van der Waals surface area contributed by atoms with Crippen molar-refractivity contribution in [2.45, 2.75) is 0 Å². The highest BCUT2D eigenvalue weighted by atomic mass is 32.1. The quantitative estimate of drug-likeness (QED) is 0.631. The van der Waals surface area contributed by atoms with Crippen LogP contribution in [0.15, 0.2) is 47.8 Å². The van der Waals surface area contributed by atoms with Crippen LogP contribution in [0.5, 0.6) is 11.5 Å². The molecule has 31 heavy (non-hydrogen) atoms.